The summed E-state index contributed by atoms with van der Waals surface area (Å²) in [4.78, 5) is 9.61. The fourth-order valence-electron chi connectivity index (χ4n) is 1.15. The topological polar surface area (TPSA) is 55.2 Å². The number of alkyl halides is 1. The van der Waals surface area contributed by atoms with Crippen molar-refractivity contribution in [2.45, 2.75) is 18.7 Å². The van der Waals surface area contributed by atoms with Gasteiger partial charge in [0.15, 0.2) is 0 Å². The van der Waals surface area contributed by atoms with Crippen molar-refractivity contribution >= 4 is 35.8 Å². The highest BCUT2D eigenvalue weighted by molar-refractivity contribution is 7.81. The molecule has 1 rings (SSSR count). The lowest BCUT2D eigenvalue weighted by Gasteiger charge is -2.16. The molecular weight excluding hydrogens is 236 g/mol. The van der Waals surface area contributed by atoms with Crippen molar-refractivity contribution in [3.63, 3.8) is 0 Å². The van der Waals surface area contributed by atoms with Gasteiger partial charge in [-0.05, 0) is 25.5 Å². The van der Waals surface area contributed by atoms with Crippen LogP contribution >= 0.6 is 24.4 Å². The van der Waals surface area contributed by atoms with Gasteiger partial charge < -0.3 is 4.72 Å². The van der Waals surface area contributed by atoms with Gasteiger partial charge in [-0.1, -0.05) is 18.9 Å². The van der Waals surface area contributed by atoms with Gasteiger partial charge in [0.2, 0.25) is 0 Å². The number of thiol groups is 1. The van der Waals surface area contributed by atoms with Gasteiger partial charge >= 0.3 is 0 Å². The number of halogens is 1. The molecule has 0 heterocycles. The maximum Gasteiger partial charge on any atom is 0.293 e. The lowest BCUT2D eigenvalue weighted by molar-refractivity contribution is -0.383. The summed E-state index contributed by atoms with van der Waals surface area (Å²) in [6, 6.07) is 4.68. The second-order valence-corrected chi connectivity index (χ2v) is 4.74. The number of nitrogens with one attached hydrogen (secondary N) is 1. The molecule has 0 saturated carbocycles. The first kappa shape index (κ1) is 12.1. The van der Waals surface area contributed by atoms with Gasteiger partial charge in [0.25, 0.3) is 5.69 Å². The van der Waals surface area contributed by atoms with Gasteiger partial charge in [0.1, 0.15) is 5.69 Å². The summed E-state index contributed by atoms with van der Waals surface area (Å²) >= 11 is 9.92. The van der Waals surface area contributed by atoms with Gasteiger partial charge in [0.05, 0.1) is 9.80 Å². The third kappa shape index (κ3) is 2.76. The standard InChI is InChI=1S/C9H11ClN2O2S/c1-9(2,10)6-3-4-8(12(13)14)7(5-6)11-15/h3-5,11,15H,1-2H3. The minimum absolute atomic E-state index is 0.0188. The van der Waals surface area contributed by atoms with E-state index in [4.69, 9.17) is 11.6 Å². The van der Waals surface area contributed by atoms with Crippen LogP contribution in [0.25, 0.3) is 0 Å². The maximum absolute atomic E-state index is 10.6. The molecule has 0 aromatic heterocycles. The van der Waals surface area contributed by atoms with Crippen LogP contribution in [0.5, 0.6) is 0 Å². The average Bonchev–Trinajstić information content (AvgIpc) is 2.15. The van der Waals surface area contributed by atoms with Crippen molar-refractivity contribution in [1.29, 1.82) is 0 Å². The molecule has 0 aliphatic rings. The highest BCUT2D eigenvalue weighted by Gasteiger charge is 2.21. The Bertz CT molecular complexity index is 390. The van der Waals surface area contributed by atoms with Crippen molar-refractivity contribution < 1.29 is 4.92 Å². The quantitative estimate of drug-likeness (QED) is 0.372. The molecule has 0 saturated heterocycles. The fraction of sp³-hybridized carbons (Fsp3) is 0.333. The molecule has 0 fully saturated rings. The van der Waals surface area contributed by atoms with Crippen LogP contribution in [0.3, 0.4) is 0 Å². The monoisotopic (exact) mass is 246 g/mol. The van der Waals surface area contributed by atoms with Gasteiger partial charge in [-0.15, -0.1) is 11.6 Å². The molecule has 15 heavy (non-hydrogen) atoms. The summed E-state index contributed by atoms with van der Waals surface area (Å²) in [7, 11) is 0. The predicted octanol–water partition coefficient (Wildman–Crippen LogP) is 3.33. The van der Waals surface area contributed by atoms with Crippen molar-refractivity contribution in [1.82, 2.24) is 0 Å². The van der Waals surface area contributed by atoms with E-state index in [0.29, 0.717) is 5.69 Å². The number of anilines is 1. The zero-order chi connectivity index (χ0) is 11.6. The summed E-state index contributed by atoms with van der Waals surface area (Å²) in [6.45, 7) is 3.63. The van der Waals surface area contributed by atoms with Crippen LogP contribution in [0.15, 0.2) is 18.2 Å². The van der Waals surface area contributed by atoms with E-state index in [1.54, 1.807) is 12.1 Å². The number of hydrogen-bond acceptors (Lipinski definition) is 4. The van der Waals surface area contributed by atoms with Crippen molar-refractivity contribution in [2.24, 2.45) is 0 Å². The predicted molar refractivity (Wildman–Crippen MR) is 64.6 cm³/mol. The number of nitrogens with zero attached hydrogens (tertiary/aromatic N) is 1. The molecule has 0 spiro atoms. The number of benzene rings is 1. The molecule has 0 amide bonds. The Hall–Kier alpha value is -0.940. The second kappa shape index (κ2) is 4.28. The van der Waals surface area contributed by atoms with Crippen molar-refractivity contribution in [3.05, 3.63) is 33.9 Å². The van der Waals surface area contributed by atoms with Crippen LogP contribution < -0.4 is 4.72 Å². The molecule has 82 valence electrons. The third-order valence-electron chi connectivity index (χ3n) is 2.00. The maximum atomic E-state index is 10.6. The molecule has 0 bridgehead atoms. The van der Waals surface area contributed by atoms with Crippen LogP contribution in [0.2, 0.25) is 0 Å². The lowest BCUT2D eigenvalue weighted by atomic mass is 10.0. The van der Waals surface area contributed by atoms with Crippen molar-refractivity contribution in [3.8, 4) is 0 Å². The Kier molecular flexibility index (Phi) is 3.46. The van der Waals surface area contributed by atoms with Crippen LogP contribution in [-0.4, -0.2) is 4.92 Å². The Labute approximate surface area is 98.3 Å². The number of rotatable bonds is 3. The smallest absolute Gasteiger partial charge is 0.293 e. The third-order valence-corrected chi connectivity index (χ3v) is 2.46. The number of hydrogen-bond donors (Lipinski definition) is 2. The molecule has 0 atom stereocenters. The first-order valence-corrected chi connectivity index (χ1v) is 5.06. The minimum Gasteiger partial charge on any atom is -0.327 e. The Morgan fingerprint density at radius 3 is 2.53 bits per heavy atom. The zero-order valence-corrected chi connectivity index (χ0v) is 9.97. The minimum atomic E-state index is -0.561. The van der Waals surface area contributed by atoms with E-state index in [2.05, 4.69) is 17.5 Å². The molecule has 1 aromatic rings. The van der Waals surface area contributed by atoms with E-state index >= 15 is 0 Å². The van der Waals surface area contributed by atoms with E-state index < -0.39 is 9.80 Å². The number of nitro benzene ring substituents is 1. The van der Waals surface area contributed by atoms with E-state index in [1.807, 2.05) is 13.8 Å². The van der Waals surface area contributed by atoms with Gasteiger partial charge in [0, 0.05) is 6.07 Å². The molecule has 1 N–H and O–H groups in total. The van der Waals surface area contributed by atoms with Crippen molar-refractivity contribution in [2.75, 3.05) is 4.72 Å². The largest absolute Gasteiger partial charge is 0.327 e. The molecule has 6 heteroatoms. The highest BCUT2D eigenvalue weighted by Crippen LogP contribution is 2.33. The van der Waals surface area contributed by atoms with E-state index in [9.17, 15) is 10.1 Å². The van der Waals surface area contributed by atoms with Gasteiger partial charge in [-0.25, -0.2) is 0 Å². The molecule has 4 nitrogen and oxygen atoms in total. The lowest BCUT2D eigenvalue weighted by Crippen LogP contribution is -2.08. The van der Waals surface area contributed by atoms with E-state index in [0.717, 1.165) is 5.56 Å². The van der Waals surface area contributed by atoms with Gasteiger partial charge in [-0.2, -0.15) is 0 Å². The van der Waals surface area contributed by atoms with E-state index in [-0.39, 0.29) is 5.69 Å². The van der Waals surface area contributed by atoms with E-state index in [1.165, 1.54) is 6.07 Å². The SMILES string of the molecule is CC(C)(Cl)c1ccc([N+](=O)[O-])c(NS)c1. The van der Waals surface area contributed by atoms with Crippen LogP contribution in [0.1, 0.15) is 19.4 Å². The summed E-state index contributed by atoms with van der Waals surface area (Å²) in [6.07, 6.45) is 0. The highest BCUT2D eigenvalue weighted by atomic mass is 35.5. The summed E-state index contributed by atoms with van der Waals surface area (Å²) in [5.74, 6) is 0. The van der Waals surface area contributed by atoms with Crippen LogP contribution in [-0.2, 0) is 4.87 Å². The van der Waals surface area contributed by atoms with Crippen LogP contribution in [0.4, 0.5) is 11.4 Å². The summed E-state index contributed by atoms with van der Waals surface area (Å²) < 4.78 is 2.48. The second-order valence-electron chi connectivity index (χ2n) is 3.57. The Morgan fingerprint density at radius 1 is 1.53 bits per heavy atom. The van der Waals surface area contributed by atoms with Gasteiger partial charge in [-0.3, -0.25) is 10.1 Å². The summed E-state index contributed by atoms with van der Waals surface area (Å²) in [5, 5.41) is 10.6. The van der Waals surface area contributed by atoms with Crippen LogP contribution in [0, 0.1) is 10.1 Å². The first-order chi connectivity index (χ1) is 6.86. The molecule has 0 unspecified atom stereocenters. The summed E-state index contributed by atoms with van der Waals surface area (Å²) in [5.41, 5.74) is 1.12. The number of nitro groups is 1. The Morgan fingerprint density at radius 2 is 2.13 bits per heavy atom. The molecular formula is C9H11ClN2O2S. The fourth-order valence-corrected chi connectivity index (χ4v) is 1.45. The average molecular weight is 247 g/mol. The first-order valence-electron chi connectivity index (χ1n) is 4.24. The molecule has 0 aliphatic carbocycles. The molecule has 0 aliphatic heterocycles. The normalized spacial score (nSPS) is 11.2. The zero-order valence-electron chi connectivity index (χ0n) is 8.32. The molecule has 0 radical (unpaired) electrons. The molecule has 1 aromatic carbocycles. The Balaban J connectivity index is 3.25.